The van der Waals surface area contributed by atoms with Crippen molar-refractivity contribution < 1.29 is 5.11 Å². The summed E-state index contributed by atoms with van der Waals surface area (Å²) < 4.78 is 0. The van der Waals surface area contributed by atoms with Gasteiger partial charge in [0.15, 0.2) is 0 Å². The molecular formula is C18H28NO. The number of hydrogen-bond donors (Lipinski definition) is 1. The molecule has 111 valence electrons. The van der Waals surface area contributed by atoms with Gasteiger partial charge in [-0.05, 0) is 65.0 Å². The summed E-state index contributed by atoms with van der Waals surface area (Å²) in [5, 5.41) is 9.91. The Morgan fingerprint density at radius 1 is 1.30 bits per heavy atom. The minimum atomic E-state index is -0.150. The Balaban J connectivity index is 2.14. The van der Waals surface area contributed by atoms with E-state index in [1.54, 1.807) is 0 Å². The van der Waals surface area contributed by atoms with Crippen molar-refractivity contribution in [2.24, 2.45) is 0 Å². The van der Waals surface area contributed by atoms with Crippen LogP contribution in [0.3, 0.4) is 0 Å². The number of benzene rings is 1. The molecule has 0 saturated carbocycles. The fraction of sp³-hybridized carbons (Fsp3) is 0.611. The molecule has 1 atom stereocenters. The van der Waals surface area contributed by atoms with E-state index in [0.29, 0.717) is 0 Å². The van der Waals surface area contributed by atoms with Crippen molar-refractivity contribution in [2.75, 3.05) is 6.54 Å². The van der Waals surface area contributed by atoms with Gasteiger partial charge < -0.3 is 5.11 Å². The van der Waals surface area contributed by atoms with Gasteiger partial charge in [-0.15, -0.1) is 0 Å². The number of nitrogens with zero attached hydrogens (tertiary/aromatic N) is 1. The Labute approximate surface area is 123 Å². The molecule has 1 N–H and O–H groups in total. The van der Waals surface area contributed by atoms with Crippen LogP contribution in [0, 0.1) is 6.92 Å². The highest BCUT2D eigenvalue weighted by Crippen LogP contribution is 2.35. The smallest absolute Gasteiger partial charge is 0.0569 e. The van der Waals surface area contributed by atoms with Crippen molar-refractivity contribution >= 4 is 0 Å². The maximum atomic E-state index is 9.91. The molecule has 2 rings (SSSR count). The quantitative estimate of drug-likeness (QED) is 0.913. The minimum absolute atomic E-state index is 0.0490. The number of rotatable bonds is 3. The predicted molar refractivity (Wildman–Crippen MR) is 84.7 cm³/mol. The topological polar surface area (TPSA) is 23.5 Å². The number of aliphatic hydroxyl groups excluding tert-OH is 1. The molecule has 1 aromatic carbocycles. The van der Waals surface area contributed by atoms with Gasteiger partial charge in [0.2, 0.25) is 0 Å². The summed E-state index contributed by atoms with van der Waals surface area (Å²) >= 11 is 0. The lowest BCUT2D eigenvalue weighted by Crippen LogP contribution is -2.60. The van der Waals surface area contributed by atoms with Gasteiger partial charge in [0.1, 0.15) is 0 Å². The highest BCUT2D eigenvalue weighted by Gasteiger charge is 2.41. The van der Waals surface area contributed by atoms with Gasteiger partial charge in [0.05, 0.1) is 6.10 Å². The first-order valence-corrected chi connectivity index (χ1v) is 7.57. The van der Waals surface area contributed by atoms with E-state index in [1.165, 1.54) is 5.56 Å². The standard InChI is InChI=1S/C18H28NO/c1-14-6-8-15(9-7-14)12-17(2,3)19-11-10-16(20)13-18(19,4)5/h6-9,16,20H,1,10-13H2,2-5H3. The molecule has 0 bridgehead atoms. The predicted octanol–water partition coefficient (Wildman–Crippen LogP) is 3.43. The van der Waals surface area contributed by atoms with E-state index in [-0.39, 0.29) is 17.2 Å². The maximum Gasteiger partial charge on any atom is 0.0569 e. The summed E-state index contributed by atoms with van der Waals surface area (Å²) in [6.45, 7) is 14.0. The fourth-order valence-corrected chi connectivity index (χ4v) is 3.74. The second-order valence-corrected chi connectivity index (χ2v) is 7.42. The number of likely N-dealkylation sites (tertiary alicyclic amines) is 1. The average molecular weight is 274 g/mol. The molecule has 20 heavy (non-hydrogen) atoms. The Hall–Kier alpha value is -0.860. The Kier molecular flexibility index (Phi) is 4.27. The second kappa shape index (κ2) is 5.50. The number of piperidine rings is 1. The molecule has 0 spiro atoms. The molecular weight excluding hydrogens is 246 g/mol. The largest absolute Gasteiger partial charge is 0.393 e. The summed E-state index contributed by atoms with van der Waals surface area (Å²) in [5.74, 6) is 0. The Morgan fingerprint density at radius 2 is 1.90 bits per heavy atom. The molecule has 1 aliphatic rings. The first kappa shape index (κ1) is 15.5. The normalized spacial score (nSPS) is 23.8. The van der Waals surface area contributed by atoms with Crippen molar-refractivity contribution in [3.63, 3.8) is 0 Å². The summed E-state index contributed by atoms with van der Waals surface area (Å²) in [4.78, 5) is 2.56. The molecule has 1 heterocycles. The molecule has 1 radical (unpaired) electrons. The summed E-state index contributed by atoms with van der Waals surface area (Å²) in [6.07, 6.45) is 2.61. The Morgan fingerprint density at radius 3 is 2.45 bits per heavy atom. The van der Waals surface area contributed by atoms with Crippen LogP contribution >= 0.6 is 0 Å². The molecule has 1 fully saturated rings. The molecule has 0 aliphatic carbocycles. The molecule has 1 unspecified atom stereocenters. The highest BCUT2D eigenvalue weighted by molar-refractivity contribution is 5.25. The molecule has 2 nitrogen and oxygen atoms in total. The second-order valence-electron chi connectivity index (χ2n) is 7.42. The Bertz CT molecular complexity index is 447. The van der Waals surface area contributed by atoms with E-state index in [2.05, 4.69) is 63.8 Å². The van der Waals surface area contributed by atoms with Gasteiger partial charge in [0, 0.05) is 17.6 Å². The van der Waals surface area contributed by atoms with E-state index in [4.69, 9.17) is 0 Å². The zero-order chi connectivity index (χ0) is 15.0. The molecule has 1 saturated heterocycles. The number of aliphatic hydroxyl groups is 1. The molecule has 1 aliphatic heterocycles. The average Bonchev–Trinajstić information content (AvgIpc) is 2.30. The third-order valence-electron chi connectivity index (χ3n) is 4.54. The zero-order valence-electron chi connectivity index (χ0n) is 13.3. The van der Waals surface area contributed by atoms with Crippen LogP contribution in [0.1, 0.15) is 51.7 Å². The first-order valence-electron chi connectivity index (χ1n) is 7.57. The van der Waals surface area contributed by atoms with Crippen LogP contribution in [0.5, 0.6) is 0 Å². The highest BCUT2D eigenvalue weighted by atomic mass is 16.3. The van der Waals surface area contributed by atoms with Crippen molar-refractivity contribution in [3.05, 3.63) is 42.3 Å². The van der Waals surface area contributed by atoms with E-state index in [9.17, 15) is 5.11 Å². The van der Waals surface area contributed by atoms with Crippen molar-refractivity contribution in [1.29, 1.82) is 0 Å². The van der Waals surface area contributed by atoms with Crippen molar-refractivity contribution in [2.45, 2.75) is 64.1 Å². The van der Waals surface area contributed by atoms with Gasteiger partial charge in [-0.3, -0.25) is 4.90 Å². The minimum Gasteiger partial charge on any atom is -0.393 e. The van der Waals surface area contributed by atoms with Crippen LogP contribution in [0.15, 0.2) is 24.3 Å². The van der Waals surface area contributed by atoms with Crippen LogP contribution in [0.25, 0.3) is 0 Å². The summed E-state index contributed by atoms with van der Waals surface area (Å²) in [5.41, 5.74) is 2.55. The number of hydrogen-bond acceptors (Lipinski definition) is 2. The van der Waals surface area contributed by atoms with Crippen LogP contribution < -0.4 is 0 Å². The van der Waals surface area contributed by atoms with Crippen molar-refractivity contribution in [1.82, 2.24) is 4.90 Å². The lowest BCUT2D eigenvalue weighted by Gasteiger charge is -2.52. The van der Waals surface area contributed by atoms with Gasteiger partial charge in [-0.25, -0.2) is 0 Å². The fourth-order valence-electron chi connectivity index (χ4n) is 3.74. The zero-order valence-corrected chi connectivity index (χ0v) is 13.3. The van der Waals surface area contributed by atoms with E-state index >= 15 is 0 Å². The third kappa shape index (κ3) is 3.42. The molecule has 0 aromatic heterocycles. The van der Waals surface area contributed by atoms with E-state index in [0.717, 1.165) is 31.4 Å². The van der Waals surface area contributed by atoms with Crippen LogP contribution in [-0.4, -0.2) is 33.7 Å². The monoisotopic (exact) mass is 274 g/mol. The lowest BCUT2D eigenvalue weighted by molar-refractivity contribution is -0.0567. The van der Waals surface area contributed by atoms with Crippen molar-refractivity contribution in [3.8, 4) is 0 Å². The van der Waals surface area contributed by atoms with Gasteiger partial charge in [-0.2, -0.15) is 0 Å². The van der Waals surface area contributed by atoms with Gasteiger partial charge in [0.25, 0.3) is 0 Å². The maximum absolute atomic E-state index is 9.91. The first-order chi connectivity index (χ1) is 9.21. The van der Waals surface area contributed by atoms with E-state index in [1.807, 2.05) is 0 Å². The lowest BCUT2D eigenvalue weighted by atomic mass is 9.81. The SMILES string of the molecule is [CH2]c1ccc(CC(C)(C)N2CCC(O)CC2(C)C)cc1. The van der Waals surface area contributed by atoms with E-state index < -0.39 is 0 Å². The van der Waals surface area contributed by atoms with Gasteiger partial charge in [-0.1, -0.05) is 24.3 Å². The molecule has 2 heteroatoms. The van der Waals surface area contributed by atoms with Crippen LogP contribution in [0.2, 0.25) is 0 Å². The molecule has 1 aromatic rings. The third-order valence-corrected chi connectivity index (χ3v) is 4.54. The summed E-state index contributed by atoms with van der Waals surface area (Å²) in [6, 6.07) is 8.51. The summed E-state index contributed by atoms with van der Waals surface area (Å²) in [7, 11) is 0. The van der Waals surface area contributed by atoms with Crippen LogP contribution in [0.4, 0.5) is 0 Å². The van der Waals surface area contributed by atoms with Crippen LogP contribution in [-0.2, 0) is 6.42 Å². The van der Waals surface area contributed by atoms with Gasteiger partial charge >= 0.3 is 0 Å². The molecule has 0 amide bonds.